The zero-order chi connectivity index (χ0) is 21.1. The van der Waals surface area contributed by atoms with E-state index in [2.05, 4.69) is 16.3 Å². The van der Waals surface area contributed by atoms with Gasteiger partial charge in [-0.3, -0.25) is 9.89 Å². The van der Waals surface area contributed by atoms with Crippen molar-refractivity contribution in [2.24, 2.45) is 5.73 Å². The van der Waals surface area contributed by atoms with E-state index in [1.54, 1.807) is 6.92 Å². The van der Waals surface area contributed by atoms with E-state index in [-0.39, 0.29) is 42.4 Å². The van der Waals surface area contributed by atoms with Crippen molar-refractivity contribution < 1.29 is 19.0 Å². The topological polar surface area (TPSA) is 123 Å². The molecule has 1 aliphatic heterocycles. The van der Waals surface area contributed by atoms with Crippen molar-refractivity contribution in [3.63, 3.8) is 0 Å². The Bertz CT molecular complexity index is 997. The van der Waals surface area contributed by atoms with Crippen LogP contribution in [-0.2, 0) is 16.0 Å². The molecule has 1 saturated carbocycles. The number of fused-ring (bicyclic) bond motifs is 1. The van der Waals surface area contributed by atoms with Crippen molar-refractivity contribution in [3.05, 3.63) is 52.5 Å². The summed E-state index contributed by atoms with van der Waals surface area (Å²) < 4.78 is 16.6. The quantitative estimate of drug-likeness (QED) is 0.704. The van der Waals surface area contributed by atoms with Crippen LogP contribution in [0.1, 0.15) is 55.3 Å². The molecule has 1 fully saturated rings. The second-order valence-electron chi connectivity index (χ2n) is 7.42. The average Bonchev–Trinajstić information content (AvgIpc) is 3.38. The molecule has 0 radical (unpaired) electrons. The van der Waals surface area contributed by atoms with Gasteiger partial charge in [-0.05, 0) is 50.3 Å². The number of hydrogen-bond donors (Lipinski definition) is 2. The Balaban J connectivity index is 1.66. The van der Waals surface area contributed by atoms with E-state index < -0.39 is 5.92 Å². The number of nitrogens with two attached hydrogens (primary N) is 1. The van der Waals surface area contributed by atoms with Gasteiger partial charge in [0.15, 0.2) is 0 Å². The lowest BCUT2D eigenvalue weighted by Gasteiger charge is -2.24. The number of carbonyl (C=O) groups is 1. The van der Waals surface area contributed by atoms with Gasteiger partial charge in [0.2, 0.25) is 11.8 Å². The number of esters is 1. The Kier molecular flexibility index (Phi) is 5.61. The molecule has 0 bridgehead atoms. The van der Waals surface area contributed by atoms with Gasteiger partial charge in [-0.2, -0.15) is 5.26 Å². The summed E-state index contributed by atoms with van der Waals surface area (Å²) >= 11 is 0. The fraction of sp³-hybridized carbons (Fsp3) is 0.409. The Labute approximate surface area is 174 Å². The summed E-state index contributed by atoms with van der Waals surface area (Å²) in [6, 6.07) is 9.78. The number of nitrogens with zero attached hydrogens (tertiary/aromatic N) is 2. The van der Waals surface area contributed by atoms with Crippen LogP contribution in [0.25, 0.3) is 0 Å². The first-order valence-electron chi connectivity index (χ1n) is 10.2. The molecule has 1 aromatic carbocycles. The third kappa shape index (κ3) is 3.83. The van der Waals surface area contributed by atoms with Crippen LogP contribution in [0, 0.1) is 11.3 Å². The van der Waals surface area contributed by atoms with Gasteiger partial charge >= 0.3 is 5.97 Å². The first-order valence-corrected chi connectivity index (χ1v) is 10.2. The maximum Gasteiger partial charge on any atom is 0.311 e. The van der Waals surface area contributed by atoms with Crippen LogP contribution in [0.3, 0.4) is 0 Å². The van der Waals surface area contributed by atoms with Crippen molar-refractivity contribution in [3.8, 4) is 17.7 Å². The monoisotopic (exact) mass is 408 g/mol. The fourth-order valence-electron chi connectivity index (χ4n) is 4.07. The molecule has 2 aromatic rings. The van der Waals surface area contributed by atoms with Crippen molar-refractivity contribution >= 4 is 5.97 Å². The molecule has 2 aliphatic rings. The van der Waals surface area contributed by atoms with Crippen LogP contribution in [-0.4, -0.2) is 28.9 Å². The highest BCUT2D eigenvalue weighted by Crippen LogP contribution is 2.43. The predicted molar refractivity (Wildman–Crippen MR) is 108 cm³/mol. The van der Waals surface area contributed by atoms with E-state index in [1.807, 2.05) is 24.3 Å². The number of H-pyrrole nitrogens is 1. The standard InChI is InChI=1S/C22H24N4O4/c1-2-28-18(27)11-17-20-19(16(12-23)21(24)30-22(20)26-25-17)13-7-9-15(10-8-13)29-14-5-3-4-6-14/h7-10,14,19H,2-6,11,24H2,1H3,(H,25,26)/t19-/m0/s1. The molecule has 4 rings (SSSR count). The van der Waals surface area contributed by atoms with E-state index in [9.17, 15) is 10.1 Å². The van der Waals surface area contributed by atoms with Gasteiger partial charge < -0.3 is 19.9 Å². The van der Waals surface area contributed by atoms with Gasteiger partial charge in [0.25, 0.3) is 0 Å². The number of rotatable bonds is 6. The third-order valence-corrected chi connectivity index (χ3v) is 5.46. The molecule has 2 heterocycles. The molecule has 1 atom stereocenters. The maximum absolute atomic E-state index is 12.0. The largest absolute Gasteiger partial charge is 0.490 e. The normalized spacial score (nSPS) is 18.5. The van der Waals surface area contributed by atoms with Gasteiger partial charge in [-0.25, -0.2) is 0 Å². The fourth-order valence-corrected chi connectivity index (χ4v) is 4.07. The molecule has 0 amide bonds. The average molecular weight is 408 g/mol. The van der Waals surface area contributed by atoms with Crippen LogP contribution < -0.4 is 15.2 Å². The molecule has 8 heteroatoms. The molecule has 0 unspecified atom stereocenters. The second kappa shape index (κ2) is 8.49. The molecule has 0 saturated heterocycles. The van der Waals surface area contributed by atoms with Crippen molar-refractivity contribution in [2.45, 2.75) is 51.0 Å². The van der Waals surface area contributed by atoms with E-state index in [0.29, 0.717) is 11.3 Å². The number of allylic oxidation sites excluding steroid dienone is 1. The highest BCUT2D eigenvalue weighted by Gasteiger charge is 2.35. The molecule has 156 valence electrons. The SMILES string of the molecule is CCOC(=O)Cc1[nH]nc2c1[C@@H](c1ccc(OC3CCCC3)cc1)C(C#N)=C(N)O2. The van der Waals surface area contributed by atoms with E-state index in [4.69, 9.17) is 19.9 Å². The molecule has 1 aliphatic carbocycles. The van der Waals surface area contributed by atoms with Gasteiger partial charge in [-0.15, -0.1) is 5.10 Å². The molecular weight excluding hydrogens is 384 g/mol. The molecule has 3 N–H and O–H groups in total. The minimum atomic E-state index is -0.498. The highest BCUT2D eigenvalue weighted by atomic mass is 16.5. The van der Waals surface area contributed by atoms with Crippen LogP contribution in [0.15, 0.2) is 35.7 Å². The van der Waals surface area contributed by atoms with Crippen LogP contribution in [0.5, 0.6) is 11.6 Å². The Morgan fingerprint density at radius 2 is 2.07 bits per heavy atom. The number of hydrogen-bond acceptors (Lipinski definition) is 7. The lowest BCUT2D eigenvalue weighted by molar-refractivity contribution is -0.142. The predicted octanol–water partition coefficient (Wildman–Crippen LogP) is 3.05. The Morgan fingerprint density at radius 3 is 2.73 bits per heavy atom. The number of nitriles is 1. The molecular formula is C22H24N4O4. The lowest BCUT2D eigenvalue weighted by Crippen LogP contribution is -2.22. The zero-order valence-electron chi connectivity index (χ0n) is 16.8. The summed E-state index contributed by atoms with van der Waals surface area (Å²) in [6.45, 7) is 2.03. The van der Waals surface area contributed by atoms with Crippen molar-refractivity contribution in [2.75, 3.05) is 6.61 Å². The Morgan fingerprint density at radius 1 is 1.33 bits per heavy atom. The van der Waals surface area contributed by atoms with E-state index in [1.165, 1.54) is 12.8 Å². The van der Waals surface area contributed by atoms with Gasteiger partial charge in [0.1, 0.15) is 17.4 Å². The first kappa shape index (κ1) is 19.8. The van der Waals surface area contributed by atoms with Gasteiger partial charge in [-0.1, -0.05) is 12.1 Å². The summed E-state index contributed by atoms with van der Waals surface area (Å²) in [7, 11) is 0. The number of benzene rings is 1. The minimum absolute atomic E-state index is 0.00246. The van der Waals surface area contributed by atoms with Gasteiger partial charge in [0.05, 0.1) is 36.3 Å². The number of ether oxygens (including phenoxy) is 3. The van der Waals surface area contributed by atoms with Crippen LogP contribution in [0.4, 0.5) is 0 Å². The Hall–Kier alpha value is -3.47. The summed E-state index contributed by atoms with van der Waals surface area (Å²) in [4.78, 5) is 12.0. The van der Waals surface area contributed by atoms with Crippen LogP contribution in [0.2, 0.25) is 0 Å². The van der Waals surface area contributed by atoms with Crippen molar-refractivity contribution in [1.82, 2.24) is 10.2 Å². The third-order valence-electron chi connectivity index (χ3n) is 5.46. The number of carbonyl (C=O) groups excluding carboxylic acids is 1. The van der Waals surface area contributed by atoms with Crippen molar-refractivity contribution in [1.29, 1.82) is 5.26 Å². The summed E-state index contributed by atoms with van der Waals surface area (Å²) in [6.07, 6.45) is 4.82. The minimum Gasteiger partial charge on any atom is -0.490 e. The first-order chi connectivity index (χ1) is 14.6. The number of aromatic nitrogens is 2. The lowest BCUT2D eigenvalue weighted by atomic mass is 9.83. The molecule has 30 heavy (non-hydrogen) atoms. The molecule has 8 nitrogen and oxygen atoms in total. The van der Waals surface area contributed by atoms with E-state index >= 15 is 0 Å². The summed E-state index contributed by atoms with van der Waals surface area (Å²) in [5.41, 5.74) is 8.27. The highest BCUT2D eigenvalue weighted by molar-refractivity contribution is 5.73. The summed E-state index contributed by atoms with van der Waals surface area (Å²) in [5, 5.41) is 16.7. The van der Waals surface area contributed by atoms with E-state index in [0.717, 1.165) is 24.2 Å². The number of nitrogens with one attached hydrogen (secondary N) is 1. The van der Waals surface area contributed by atoms with Crippen LogP contribution >= 0.6 is 0 Å². The second-order valence-corrected chi connectivity index (χ2v) is 7.42. The molecule has 1 aromatic heterocycles. The molecule has 0 spiro atoms. The maximum atomic E-state index is 12.0. The summed E-state index contributed by atoms with van der Waals surface area (Å²) in [5.74, 6) is 0.191. The van der Waals surface area contributed by atoms with Gasteiger partial charge in [0, 0.05) is 0 Å². The zero-order valence-corrected chi connectivity index (χ0v) is 16.8. The smallest absolute Gasteiger partial charge is 0.311 e. The number of aromatic amines is 1.